The van der Waals surface area contributed by atoms with Crippen LogP contribution in [0.15, 0.2) is 4.99 Å². The van der Waals surface area contributed by atoms with E-state index in [0.29, 0.717) is 6.54 Å². The second-order valence-electron chi connectivity index (χ2n) is 7.23. The van der Waals surface area contributed by atoms with E-state index < -0.39 is 0 Å². The Bertz CT molecular complexity index is 556. The van der Waals surface area contributed by atoms with Gasteiger partial charge >= 0.3 is 0 Å². The number of hydrogen-bond donors (Lipinski definition) is 2. The number of guanidine groups is 1. The molecule has 0 atom stereocenters. The van der Waals surface area contributed by atoms with Crippen LogP contribution in [0.4, 0.5) is 0 Å². The molecule has 0 amide bonds. The van der Waals surface area contributed by atoms with Gasteiger partial charge in [0.05, 0.1) is 13.2 Å². The van der Waals surface area contributed by atoms with E-state index in [1.54, 1.807) is 0 Å². The minimum absolute atomic E-state index is 0. The molecule has 1 aliphatic rings. The van der Waals surface area contributed by atoms with Crippen molar-refractivity contribution in [2.45, 2.75) is 40.2 Å². The molecule has 0 saturated carbocycles. The molecule has 0 unspecified atom stereocenters. The Morgan fingerprint density at radius 2 is 1.89 bits per heavy atom. The Labute approximate surface area is 180 Å². The number of aryl methyl sites for hydroxylation is 1. The summed E-state index contributed by atoms with van der Waals surface area (Å²) in [5.41, 5.74) is 0. The average Bonchev–Trinajstić information content (AvgIpc) is 2.95. The second kappa shape index (κ2) is 13.3. The van der Waals surface area contributed by atoms with Gasteiger partial charge < -0.3 is 19.9 Å². The highest BCUT2D eigenvalue weighted by atomic mass is 127. The van der Waals surface area contributed by atoms with Crippen molar-refractivity contribution in [3.05, 3.63) is 11.6 Å². The van der Waals surface area contributed by atoms with Crippen molar-refractivity contribution in [2.24, 2.45) is 18.0 Å². The van der Waals surface area contributed by atoms with Gasteiger partial charge in [-0.25, -0.2) is 4.99 Å². The van der Waals surface area contributed by atoms with Crippen molar-refractivity contribution < 1.29 is 4.74 Å². The van der Waals surface area contributed by atoms with Crippen LogP contribution in [0, 0.1) is 12.8 Å². The quantitative estimate of drug-likeness (QED) is 0.235. The zero-order chi connectivity index (χ0) is 18.8. The third-order valence-corrected chi connectivity index (χ3v) is 4.64. The van der Waals surface area contributed by atoms with E-state index in [1.807, 2.05) is 18.5 Å². The molecule has 156 valence electrons. The number of aliphatic imine (C=N–C) groups is 1. The maximum absolute atomic E-state index is 5.40. The van der Waals surface area contributed by atoms with Gasteiger partial charge in [0.1, 0.15) is 12.4 Å². The van der Waals surface area contributed by atoms with Crippen molar-refractivity contribution in [3.63, 3.8) is 0 Å². The summed E-state index contributed by atoms with van der Waals surface area (Å²) in [6, 6.07) is 0. The molecule has 9 heteroatoms. The third kappa shape index (κ3) is 9.20. The standard InChI is InChI=1S/C18H35N7O.HI/c1-15(2)6-5-7-19-18(20-8-9-25-10-12-26-13-11-25)21-14-17-23-22-16(3)24(17)4;/h15H,5-14H2,1-4H3,(H2,19,20,21);1H. The molecule has 1 aromatic heterocycles. The molecule has 1 aliphatic heterocycles. The molecule has 0 aliphatic carbocycles. The molecule has 1 aromatic rings. The predicted octanol–water partition coefficient (Wildman–Crippen LogP) is 1.55. The van der Waals surface area contributed by atoms with Gasteiger partial charge in [-0.2, -0.15) is 0 Å². The third-order valence-electron chi connectivity index (χ3n) is 4.64. The highest BCUT2D eigenvalue weighted by Crippen LogP contribution is 2.02. The molecule has 2 N–H and O–H groups in total. The normalized spacial score (nSPS) is 15.7. The number of rotatable bonds is 9. The number of morpholine rings is 1. The Balaban J connectivity index is 0.00000364. The first-order chi connectivity index (χ1) is 12.6. The van der Waals surface area contributed by atoms with Crippen LogP contribution < -0.4 is 10.6 Å². The summed E-state index contributed by atoms with van der Waals surface area (Å²) in [6.45, 7) is 13.5. The van der Waals surface area contributed by atoms with E-state index in [-0.39, 0.29) is 24.0 Å². The van der Waals surface area contributed by atoms with E-state index >= 15 is 0 Å². The van der Waals surface area contributed by atoms with Crippen LogP contribution in [-0.4, -0.2) is 71.6 Å². The Morgan fingerprint density at radius 3 is 2.52 bits per heavy atom. The number of halogens is 1. The number of aromatic nitrogens is 3. The smallest absolute Gasteiger partial charge is 0.191 e. The van der Waals surface area contributed by atoms with Crippen LogP contribution >= 0.6 is 24.0 Å². The molecule has 2 heterocycles. The van der Waals surface area contributed by atoms with Gasteiger partial charge in [0, 0.05) is 39.8 Å². The Morgan fingerprint density at radius 1 is 1.19 bits per heavy atom. The minimum atomic E-state index is 0. The molecule has 0 bridgehead atoms. The Kier molecular flexibility index (Phi) is 11.8. The lowest BCUT2D eigenvalue weighted by molar-refractivity contribution is 0.0389. The van der Waals surface area contributed by atoms with Crippen molar-refractivity contribution >= 4 is 29.9 Å². The lowest BCUT2D eigenvalue weighted by Crippen LogP contribution is -2.44. The van der Waals surface area contributed by atoms with Crippen LogP contribution in [-0.2, 0) is 18.3 Å². The molecule has 2 rings (SSSR count). The first-order valence-corrected chi connectivity index (χ1v) is 9.73. The topological polar surface area (TPSA) is 79.6 Å². The Hall–Kier alpha value is -0.940. The highest BCUT2D eigenvalue weighted by molar-refractivity contribution is 14.0. The summed E-state index contributed by atoms with van der Waals surface area (Å²) in [5, 5.41) is 15.2. The fourth-order valence-corrected chi connectivity index (χ4v) is 2.79. The summed E-state index contributed by atoms with van der Waals surface area (Å²) in [5.74, 6) is 3.36. The predicted molar refractivity (Wildman–Crippen MR) is 120 cm³/mol. The molecule has 8 nitrogen and oxygen atoms in total. The van der Waals surface area contributed by atoms with E-state index in [0.717, 1.165) is 75.9 Å². The maximum atomic E-state index is 5.40. The van der Waals surface area contributed by atoms with Crippen LogP contribution in [0.3, 0.4) is 0 Å². The molecular formula is C18H36IN7O. The van der Waals surface area contributed by atoms with Gasteiger partial charge in [-0.05, 0) is 25.7 Å². The van der Waals surface area contributed by atoms with Crippen molar-refractivity contribution in [3.8, 4) is 0 Å². The molecule has 0 spiro atoms. The highest BCUT2D eigenvalue weighted by Gasteiger charge is 2.10. The summed E-state index contributed by atoms with van der Waals surface area (Å²) < 4.78 is 7.38. The summed E-state index contributed by atoms with van der Waals surface area (Å²) in [7, 11) is 1.97. The number of hydrogen-bond acceptors (Lipinski definition) is 5. The molecule has 0 aromatic carbocycles. The average molecular weight is 493 g/mol. The van der Waals surface area contributed by atoms with Gasteiger partial charge in [-0.1, -0.05) is 13.8 Å². The van der Waals surface area contributed by atoms with Crippen molar-refractivity contribution in [1.29, 1.82) is 0 Å². The first kappa shape index (κ1) is 24.1. The van der Waals surface area contributed by atoms with Gasteiger partial charge in [-0.3, -0.25) is 4.90 Å². The fourth-order valence-electron chi connectivity index (χ4n) is 2.79. The first-order valence-electron chi connectivity index (χ1n) is 9.73. The van der Waals surface area contributed by atoms with Crippen molar-refractivity contribution in [2.75, 3.05) is 45.9 Å². The van der Waals surface area contributed by atoms with E-state index in [2.05, 4.69) is 39.6 Å². The number of ether oxygens (including phenoxy) is 1. The van der Waals surface area contributed by atoms with Gasteiger partial charge in [-0.15, -0.1) is 34.2 Å². The van der Waals surface area contributed by atoms with Gasteiger partial charge in [0.2, 0.25) is 0 Å². The monoisotopic (exact) mass is 493 g/mol. The number of nitrogens with one attached hydrogen (secondary N) is 2. The molecule has 1 saturated heterocycles. The van der Waals surface area contributed by atoms with Crippen LogP contribution in [0.1, 0.15) is 38.3 Å². The fraction of sp³-hybridized carbons (Fsp3) is 0.833. The largest absolute Gasteiger partial charge is 0.379 e. The van der Waals surface area contributed by atoms with Crippen molar-refractivity contribution in [1.82, 2.24) is 30.3 Å². The summed E-state index contributed by atoms with van der Waals surface area (Å²) >= 11 is 0. The zero-order valence-electron chi connectivity index (χ0n) is 17.2. The second-order valence-corrected chi connectivity index (χ2v) is 7.23. The molecule has 0 radical (unpaired) electrons. The van der Waals surface area contributed by atoms with E-state index in [4.69, 9.17) is 9.73 Å². The maximum Gasteiger partial charge on any atom is 0.191 e. The van der Waals surface area contributed by atoms with E-state index in [1.165, 1.54) is 6.42 Å². The summed E-state index contributed by atoms with van der Waals surface area (Å²) in [6.07, 6.45) is 2.36. The molecular weight excluding hydrogens is 457 g/mol. The van der Waals surface area contributed by atoms with Crippen LogP contribution in [0.5, 0.6) is 0 Å². The van der Waals surface area contributed by atoms with Gasteiger partial charge in [0.15, 0.2) is 11.8 Å². The van der Waals surface area contributed by atoms with Crippen LogP contribution in [0.25, 0.3) is 0 Å². The zero-order valence-corrected chi connectivity index (χ0v) is 19.5. The number of nitrogens with zero attached hydrogens (tertiary/aromatic N) is 5. The van der Waals surface area contributed by atoms with Gasteiger partial charge in [0.25, 0.3) is 0 Å². The SMILES string of the molecule is Cc1nnc(CN=C(NCCCC(C)C)NCCN2CCOCC2)n1C.I. The lowest BCUT2D eigenvalue weighted by Gasteiger charge is -2.26. The molecule has 1 fully saturated rings. The summed E-state index contributed by atoms with van der Waals surface area (Å²) in [4.78, 5) is 7.11. The lowest BCUT2D eigenvalue weighted by atomic mass is 10.1. The minimum Gasteiger partial charge on any atom is -0.379 e. The van der Waals surface area contributed by atoms with Crippen LogP contribution in [0.2, 0.25) is 0 Å². The van der Waals surface area contributed by atoms with E-state index in [9.17, 15) is 0 Å². The molecule has 27 heavy (non-hydrogen) atoms.